The van der Waals surface area contributed by atoms with Crippen molar-refractivity contribution in [2.24, 2.45) is 5.73 Å². The largest absolute Gasteiger partial charge is 0.489 e. The fourth-order valence-corrected chi connectivity index (χ4v) is 5.33. The maximum Gasteiger partial charge on any atom is 0.379 e. The van der Waals surface area contributed by atoms with Crippen molar-refractivity contribution < 1.29 is 23.4 Å². The van der Waals surface area contributed by atoms with Crippen LogP contribution in [-0.4, -0.2) is 5.97 Å². The molecular weight excluding hydrogens is 564 g/mol. The van der Waals surface area contributed by atoms with Crippen molar-refractivity contribution in [2.75, 3.05) is 0 Å². The van der Waals surface area contributed by atoms with E-state index in [2.05, 4.69) is 6.07 Å². The zero-order valence-corrected chi connectivity index (χ0v) is 24.5. The molecule has 2 heterocycles. The Hall–Kier alpha value is -5.19. The summed E-state index contributed by atoms with van der Waals surface area (Å²) >= 11 is 6.28. The van der Waals surface area contributed by atoms with Crippen LogP contribution in [0.3, 0.4) is 0 Å². The molecule has 0 radical (unpaired) electrons. The number of nitrogens with zero attached hydrogens (tertiary/aromatic N) is 1. The van der Waals surface area contributed by atoms with Crippen LogP contribution in [-0.2, 0) is 6.61 Å². The van der Waals surface area contributed by atoms with E-state index in [-0.39, 0.29) is 23.0 Å². The summed E-state index contributed by atoms with van der Waals surface area (Å²) in [6.45, 7) is 6.09. The highest BCUT2D eigenvalue weighted by Crippen LogP contribution is 2.44. The van der Waals surface area contributed by atoms with Crippen LogP contribution in [0.1, 0.15) is 49.9 Å². The number of fused-ring (bicyclic) bond motifs is 2. The zero-order valence-electron chi connectivity index (χ0n) is 23.7. The number of rotatable bonds is 6. The molecule has 0 amide bonds. The van der Waals surface area contributed by atoms with Gasteiger partial charge in [0.15, 0.2) is 0 Å². The van der Waals surface area contributed by atoms with Gasteiger partial charge in [-0.2, -0.15) is 5.26 Å². The second kappa shape index (κ2) is 11.2. The molecule has 1 aromatic heterocycles. The summed E-state index contributed by atoms with van der Waals surface area (Å²) in [6.07, 6.45) is 0. The molecule has 0 aliphatic carbocycles. The third-order valence-electron chi connectivity index (χ3n) is 7.52. The summed E-state index contributed by atoms with van der Waals surface area (Å²) in [4.78, 5) is 13.1. The average molecular weight is 591 g/mol. The van der Waals surface area contributed by atoms with Gasteiger partial charge >= 0.3 is 5.97 Å². The minimum Gasteiger partial charge on any atom is -0.489 e. The lowest BCUT2D eigenvalue weighted by Crippen LogP contribution is -2.21. The highest BCUT2D eigenvalue weighted by Gasteiger charge is 2.31. The summed E-state index contributed by atoms with van der Waals surface area (Å²) in [6, 6.07) is 26.5. The first-order valence-corrected chi connectivity index (χ1v) is 14.0. The minimum absolute atomic E-state index is 0.0187. The van der Waals surface area contributed by atoms with Crippen LogP contribution in [0.15, 0.2) is 94.7 Å². The van der Waals surface area contributed by atoms with Crippen molar-refractivity contribution in [1.82, 2.24) is 0 Å². The van der Waals surface area contributed by atoms with E-state index in [0.717, 1.165) is 22.1 Å². The minimum atomic E-state index is -0.658. The Bertz CT molecular complexity index is 1970. The van der Waals surface area contributed by atoms with Crippen molar-refractivity contribution in [1.29, 1.82) is 5.26 Å². The highest BCUT2D eigenvalue weighted by atomic mass is 35.5. The molecule has 1 unspecified atom stereocenters. The number of halogens is 1. The first-order valence-electron chi connectivity index (χ1n) is 13.6. The summed E-state index contributed by atoms with van der Waals surface area (Å²) < 4.78 is 23.4. The number of carbonyl (C=O) groups excluding carboxylic acids is 1. The Kier molecular flexibility index (Phi) is 7.31. The Balaban J connectivity index is 1.27. The van der Waals surface area contributed by atoms with E-state index in [1.165, 1.54) is 5.56 Å². The second-order valence-corrected chi connectivity index (χ2v) is 10.9. The third kappa shape index (κ3) is 5.41. The molecule has 0 spiro atoms. The van der Waals surface area contributed by atoms with Gasteiger partial charge in [0.05, 0.1) is 5.92 Å². The number of aryl methyl sites for hydroxylation is 3. The normalized spacial score (nSPS) is 14.2. The van der Waals surface area contributed by atoms with E-state index in [9.17, 15) is 10.1 Å². The zero-order chi connectivity index (χ0) is 30.2. The smallest absolute Gasteiger partial charge is 0.379 e. The second-order valence-electron chi connectivity index (χ2n) is 10.5. The van der Waals surface area contributed by atoms with Crippen molar-refractivity contribution in [3.63, 3.8) is 0 Å². The maximum atomic E-state index is 13.1. The van der Waals surface area contributed by atoms with Gasteiger partial charge in [0.1, 0.15) is 41.1 Å². The van der Waals surface area contributed by atoms with Crippen molar-refractivity contribution in [2.45, 2.75) is 33.3 Å². The lowest BCUT2D eigenvalue weighted by atomic mass is 9.83. The molecule has 214 valence electrons. The number of hydrogen-bond acceptors (Lipinski definition) is 7. The SMILES string of the molecule is Cc1ccc(COc2cccc(C3C(C#N)=C(N)Oc4cc(OC(=O)c5oc6cc(C)c(Cl)cc6c5C)ccc43)c2)cc1. The molecule has 5 aromatic rings. The van der Waals surface area contributed by atoms with Gasteiger partial charge in [-0.1, -0.05) is 59.6 Å². The fraction of sp³-hybridized carbons (Fsp3) is 0.143. The van der Waals surface area contributed by atoms with Crippen LogP contribution >= 0.6 is 11.6 Å². The molecule has 8 heteroatoms. The number of allylic oxidation sites excluding steroid dienone is 1. The van der Waals surface area contributed by atoms with Crippen LogP contribution < -0.4 is 19.9 Å². The predicted molar refractivity (Wildman–Crippen MR) is 163 cm³/mol. The van der Waals surface area contributed by atoms with Crippen molar-refractivity contribution in [3.05, 3.63) is 134 Å². The van der Waals surface area contributed by atoms with E-state index in [1.807, 2.05) is 62.4 Å². The number of benzene rings is 4. The molecular formula is C35H27ClN2O5. The molecule has 0 fully saturated rings. The van der Waals surface area contributed by atoms with E-state index >= 15 is 0 Å². The number of furan rings is 1. The topological polar surface area (TPSA) is 108 Å². The lowest BCUT2D eigenvalue weighted by molar-refractivity contribution is 0.0702. The van der Waals surface area contributed by atoms with Crippen LogP contribution in [0.25, 0.3) is 11.0 Å². The first-order chi connectivity index (χ1) is 20.7. The molecule has 1 atom stereocenters. The van der Waals surface area contributed by atoms with Gasteiger partial charge < -0.3 is 24.4 Å². The van der Waals surface area contributed by atoms with E-state index in [1.54, 1.807) is 37.3 Å². The van der Waals surface area contributed by atoms with Gasteiger partial charge in [0, 0.05) is 27.6 Å². The lowest BCUT2D eigenvalue weighted by Gasteiger charge is -2.27. The van der Waals surface area contributed by atoms with Gasteiger partial charge in [-0.3, -0.25) is 0 Å². The third-order valence-corrected chi connectivity index (χ3v) is 7.93. The van der Waals surface area contributed by atoms with Gasteiger partial charge in [-0.05, 0) is 67.8 Å². The summed E-state index contributed by atoms with van der Waals surface area (Å²) in [5, 5.41) is 11.3. The summed E-state index contributed by atoms with van der Waals surface area (Å²) in [7, 11) is 0. The quantitative estimate of drug-likeness (QED) is 0.157. The van der Waals surface area contributed by atoms with Gasteiger partial charge in [0.2, 0.25) is 11.6 Å². The van der Waals surface area contributed by atoms with E-state index in [4.69, 9.17) is 36.0 Å². The molecule has 7 nitrogen and oxygen atoms in total. The fourth-order valence-electron chi connectivity index (χ4n) is 5.17. The monoisotopic (exact) mass is 590 g/mol. The van der Waals surface area contributed by atoms with Crippen molar-refractivity contribution >= 4 is 28.5 Å². The summed E-state index contributed by atoms with van der Waals surface area (Å²) in [5.41, 5.74) is 12.3. The number of nitriles is 1. The summed E-state index contributed by atoms with van der Waals surface area (Å²) in [5.74, 6) is 0.171. The number of esters is 1. The van der Waals surface area contributed by atoms with Crippen LogP contribution in [0, 0.1) is 32.1 Å². The Morgan fingerprint density at radius 2 is 1.79 bits per heavy atom. The standard InChI is InChI=1S/C35H27ClN2O5/c1-19-7-9-22(10-8-19)18-40-24-6-4-5-23(14-24)32-26-12-11-25(15-31(26)43-34(38)28(32)17-37)41-35(39)33-21(3)27-16-29(36)20(2)13-30(27)42-33/h4-16,32H,18,38H2,1-3H3. The van der Waals surface area contributed by atoms with Crippen molar-refractivity contribution in [3.8, 4) is 23.3 Å². The maximum absolute atomic E-state index is 13.1. The Morgan fingerprint density at radius 3 is 2.56 bits per heavy atom. The number of hydrogen-bond donors (Lipinski definition) is 1. The number of nitrogens with two attached hydrogens (primary N) is 1. The molecule has 1 aliphatic rings. The van der Waals surface area contributed by atoms with Crippen LogP contribution in [0.4, 0.5) is 0 Å². The molecule has 4 aromatic carbocycles. The van der Waals surface area contributed by atoms with Gasteiger partial charge in [-0.15, -0.1) is 0 Å². The van der Waals surface area contributed by atoms with E-state index < -0.39 is 11.9 Å². The number of ether oxygens (including phenoxy) is 3. The molecule has 0 saturated carbocycles. The predicted octanol–water partition coefficient (Wildman–Crippen LogP) is 8.03. The Labute approximate surface area is 253 Å². The van der Waals surface area contributed by atoms with Crippen LogP contribution in [0.2, 0.25) is 5.02 Å². The molecule has 0 saturated heterocycles. The molecule has 1 aliphatic heterocycles. The molecule has 2 N–H and O–H groups in total. The van der Waals surface area contributed by atoms with Gasteiger partial charge in [-0.25, -0.2) is 4.79 Å². The first kappa shape index (κ1) is 28.0. The Morgan fingerprint density at radius 1 is 1.00 bits per heavy atom. The number of carbonyl (C=O) groups is 1. The molecule has 6 rings (SSSR count). The average Bonchev–Trinajstić information content (AvgIpc) is 3.31. The van der Waals surface area contributed by atoms with Crippen LogP contribution in [0.5, 0.6) is 17.2 Å². The molecule has 43 heavy (non-hydrogen) atoms. The molecule has 0 bridgehead atoms. The van der Waals surface area contributed by atoms with Gasteiger partial charge in [0.25, 0.3) is 0 Å². The highest BCUT2D eigenvalue weighted by molar-refractivity contribution is 6.32. The van der Waals surface area contributed by atoms with E-state index in [0.29, 0.717) is 39.8 Å².